The molecule has 0 aromatic heterocycles. The van der Waals surface area contributed by atoms with Crippen molar-refractivity contribution < 1.29 is 10.2 Å². The van der Waals surface area contributed by atoms with Crippen LogP contribution in [-0.2, 0) is 0 Å². The van der Waals surface area contributed by atoms with Crippen LogP contribution in [0.25, 0.3) is 0 Å². The highest BCUT2D eigenvalue weighted by Gasteiger charge is 2.12. The van der Waals surface area contributed by atoms with E-state index in [0.717, 1.165) is 0 Å². The van der Waals surface area contributed by atoms with Crippen molar-refractivity contribution in [2.75, 3.05) is 12.3 Å². The molecule has 0 aliphatic heterocycles. The van der Waals surface area contributed by atoms with Crippen molar-refractivity contribution in [3.8, 4) is 5.75 Å². The molecular weight excluding hydrogens is 252 g/mol. The molecule has 0 saturated heterocycles. The summed E-state index contributed by atoms with van der Waals surface area (Å²) in [5.74, 6) is 0.468. The first-order valence-electron chi connectivity index (χ1n) is 6.50. The van der Waals surface area contributed by atoms with Gasteiger partial charge in [0.2, 0.25) is 0 Å². The molecular formula is C16H22N2O2. The Bertz CT molecular complexity index is 465. The molecule has 2 rings (SSSR count). The number of rotatable bonds is 3. The molecule has 0 amide bonds. The van der Waals surface area contributed by atoms with Crippen LogP contribution in [-0.4, -0.2) is 22.9 Å². The number of aliphatic hydroxyl groups is 1. The predicted molar refractivity (Wildman–Crippen MR) is 82.4 cm³/mol. The summed E-state index contributed by atoms with van der Waals surface area (Å²) in [6.07, 6.45) is 0. The van der Waals surface area contributed by atoms with E-state index in [2.05, 4.69) is 0 Å². The Morgan fingerprint density at radius 1 is 1.00 bits per heavy atom. The summed E-state index contributed by atoms with van der Waals surface area (Å²) >= 11 is 0. The SMILES string of the molecule is CC(c1ccccc1)C(N)CO.Nc1ccc(O)cc1. The Balaban J connectivity index is 0.000000217. The Hall–Kier alpha value is -2.04. The molecule has 4 nitrogen and oxygen atoms in total. The van der Waals surface area contributed by atoms with E-state index in [4.69, 9.17) is 21.7 Å². The fraction of sp³-hybridized carbons (Fsp3) is 0.250. The number of phenols is 1. The maximum absolute atomic E-state index is 8.84. The van der Waals surface area contributed by atoms with Gasteiger partial charge in [-0.25, -0.2) is 0 Å². The van der Waals surface area contributed by atoms with Gasteiger partial charge >= 0.3 is 0 Å². The third-order valence-electron chi connectivity index (χ3n) is 3.07. The van der Waals surface area contributed by atoms with Crippen LogP contribution in [0.1, 0.15) is 18.4 Å². The lowest BCUT2D eigenvalue weighted by Gasteiger charge is -2.17. The monoisotopic (exact) mass is 274 g/mol. The minimum absolute atomic E-state index is 0.0378. The Labute approximate surface area is 119 Å². The lowest BCUT2D eigenvalue weighted by Crippen LogP contribution is -2.30. The minimum Gasteiger partial charge on any atom is -0.508 e. The molecule has 0 fully saturated rings. The van der Waals surface area contributed by atoms with E-state index < -0.39 is 0 Å². The topological polar surface area (TPSA) is 92.5 Å². The number of nitrogens with two attached hydrogens (primary N) is 2. The van der Waals surface area contributed by atoms with Crippen LogP contribution in [0.4, 0.5) is 5.69 Å². The van der Waals surface area contributed by atoms with E-state index in [0.29, 0.717) is 5.69 Å². The number of phenolic OH excluding ortho intramolecular Hbond substituents is 1. The smallest absolute Gasteiger partial charge is 0.115 e. The zero-order valence-corrected chi connectivity index (χ0v) is 11.6. The van der Waals surface area contributed by atoms with Crippen molar-refractivity contribution in [1.29, 1.82) is 0 Å². The Morgan fingerprint density at radius 2 is 1.55 bits per heavy atom. The van der Waals surface area contributed by atoms with E-state index in [9.17, 15) is 0 Å². The van der Waals surface area contributed by atoms with E-state index in [1.165, 1.54) is 5.56 Å². The van der Waals surface area contributed by atoms with Crippen molar-refractivity contribution in [1.82, 2.24) is 0 Å². The van der Waals surface area contributed by atoms with Crippen molar-refractivity contribution in [3.05, 3.63) is 60.2 Å². The zero-order valence-electron chi connectivity index (χ0n) is 11.6. The summed E-state index contributed by atoms with van der Waals surface area (Å²) in [6.45, 7) is 2.06. The number of nitrogen functional groups attached to an aromatic ring is 1. The van der Waals surface area contributed by atoms with Crippen LogP contribution < -0.4 is 11.5 Å². The molecule has 2 unspecified atom stereocenters. The van der Waals surface area contributed by atoms with Crippen molar-refractivity contribution in [3.63, 3.8) is 0 Å². The van der Waals surface area contributed by atoms with Crippen molar-refractivity contribution in [2.45, 2.75) is 18.9 Å². The first kappa shape index (κ1) is 16.0. The Kier molecular flexibility index (Phi) is 6.56. The molecule has 0 saturated carbocycles. The molecule has 2 aromatic rings. The fourth-order valence-electron chi connectivity index (χ4n) is 1.64. The van der Waals surface area contributed by atoms with E-state index in [1.54, 1.807) is 24.3 Å². The van der Waals surface area contributed by atoms with Gasteiger partial charge in [-0.3, -0.25) is 0 Å². The largest absolute Gasteiger partial charge is 0.508 e. The molecule has 0 radical (unpaired) electrons. The number of aromatic hydroxyl groups is 1. The summed E-state index contributed by atoms with van der Waals surface area (Å²) in [7, 11) is 0. The van der Waals surface area contributed by atoms with E-state index >= 15 is 0 Å². The van der Waals surface area contributed by atoms with Crippen LogP contribution in [0.3, 0.4) is 0 Å². The third-order valence-corrected chi connectivity index (χ3v) is 3.07. The molecule has 0 spiro atoms. The lowest BCUT2D eigenvalue weighted by molar-refractivity contribution is 0.252. The van der Waals surface area contributed by atoms with Gasteiger partial charge in [-0.05, 0) is 35.7 Å². The lowest BCUT2D eigenvalue weighted by atomic mass is 9.95. The number of hydrogen-bond acceptors (Lipinski definition) is 4. The van der Waals surface area contributed by atoms with Gasteiger partial charge in [-0.15, -0.1) is 0 Å². The summed E-state index contributed by atoms with van der Waals surface area (Å²) in [4.78, 5) is 0. The average Bonchev–Trinajstić information content (AvgIpc) is 2.50. The van der Waals surface area contributed by atoms with Crippen LogP contribution in [0.5, 0.6) is 5.75 Å². The summed E-state index contributed by atoms with van der Waals surface area (Å²) in [5.41, 5.74) is 12.9. The van der Waals surface area contributed by atoms with Gasteiger partial charge in [0.1, 0.15) is 5.75 Å². The third kappa shape index (κ3) is 5.30. The maximum atomic E-state index is 8.84. The number of benzene rings is 2. The molecule has 0 bridgehead atoms. The van der Waals surface area contributed by atoms with E-state index in [-0.39, 0.29) is 24.3 Å². The first-order valence-corrected chi connectivity index (χ1v) is 6.50. The molecule has 6 N–H and O–H groups in total. The van der Waals surface area contributed by atoms with Gasteiger partial charge in [0, 0.05) is 11.7 Å². The highest BCUT2D eigenvalue weighted by Crippen LogP contribution is 2.16. The van der Waals surface area contributed by atoms with Gasteiger partial charge < -0.3 is 21.7 Å². The fourth-order valence-corrected chi connectivity index (χ4v) is 1.64. The number of anilines is 1. The molecule has 0 aliphatic rings. The minimum atomic E-state index is -0.160. The zero-order chi connectivity index (χ0) is 15.0. The van der Waals surface area contributed by atoms with Crippen LogP contribution in [0.2, 0.25) is 0 Å². The van der Waals surface area contributed by atoms with Gasteiger partial charge in [0.15, 0.2) is 0 Å². The van der Waals surface area contributed by atoms with Crippen molar-refractivity contribution >= 4 is 5.69 Å². The van der Waals surface area contributed by atoms with Crippen LogP contribution >= 0.6 is 0 Å². The quantitative estimate of drug-likeness (QED) is 0.509. The molecule has 4 heteroatoms. The second-order valence-corrected chi connectivity index (χ2v) is 4.64. The summed E-state index contributed by atoms with van der Waals surface area (Å²) in [5, 5.41) is 17.5. The van der Waals surface area contributed by atoms with E-state index in [1.807, 2.05) is 37.3 Å². The van der Waals surface area contributed by atoms with Crippen molar-refractivity contribution in [2.24, 2.45) is 5.73 Å². The molecule has 0 heterocycles. The van der Waals surface area contributed by atoms with Gasteiger partial charge in [-0.2, -0.15) is 0 Å². The second-order valence-electron chi connectivity index (χ2n) is 4.64. The second kappa shape index (κ2) is 8.19. The number of hydrogen-bond donors (Lipinski definition) is 4. The molecule has 108 valence electrons. The van der Waals surface area contributed by atoms with Gasteiger partial charge in [-0.1, -0.05) is 37.3 Å². The number of aliphatic hydroxyl groups excluding tert-OH is 1. The average molecular weight is 274 g/mol. The van der Waals surface area contributed by atoms with Gasteiger partial charge in [0.25, 0.3) is 0 Å². The molecule has 0 aliphatic carbocycles. The Morgan fingerprint density at radius 3 is 2.00 bits per heavy atom. The normalized spacial score (nSPS) is 12.9. The molecule has 2 aromatic carbocycles. The predicted octanol–water partition coefficient (Wildman–Crippen LogP) is 2.08. The standard InChI is InChI=1S/C10H15NO.C6H7NO/c1-8(10(11)7-12)9-5-3-2-4-6-9;7-5-1-3-6(8)4-2-5/h2-6,8,10,12H,7,11H2,1H3;1-4,8H,7H2. The van der Waals surface area contributed by atoms with Crippen LogP contribution in [0, 0.1) is 0 Å². The van der Waals surface area contributed by atoms with Gasteiger partial charge in [0.05, 0.1) is 6.61 Å². The maximum Gasteiger partial charge on any atom is 0.115 e. The molecule has 20 heavy (non-hydrogen) atoms. The first-order chi connectivity index (χ1) is 9.54. The van der Waals surface area contributed by atoms with Crippen LogP contribution in [0.15, 0.2) is 54.6 Å². The summed E-state index contributed by atoms with van der Waals surface area (Å²) in [6, 6.07) is 16.2. The summed E-state index contributed by atoms with van der Waals surface area (Å²) < 4.78 is 0. The highest BCUT2D eigenvalue weighted by molar-refractivity contribution is 5.40. The highest BCUT2D eigenvalue weighted by atomic mass is 16.3. The molecule has 2 atom stereocenters.